The molecule has 1 N–H and O–H groups in total. The molecular weight excluding hydrogens is 426 g/mol. The molecule has 1 aromatic carbocycles. The standard InChI is InChI=1S/C23H23N5O3S/c1-6-9-31-17-8-7-16(11-18(17)30-5)21-20-15(4)27-28(22(20)26-19(29)12-32-21)23-24-13(2)10-14(3)25-23/h1,7-8,10-11,21H,9,12H2,2-5H3,(H,26,29)/t21-/m0/s1. The maximum Gasteiger partial charge on any atom is 0.252 e. The molecule has 0 bridgehead atoms. The Morgan fingerprint density at radius 3 is 2.66 bits per heavy atom. The Kier molecular flexibility index (Phi) is 6.06. The van der Waals surface area contributed by atoms with E-state index in [1.807, 2.05) is 45.0 Å². The van der Waals surface area contributed by atoms with Gasteiger partial charge in [-0.3, -0.25) is 4.79 Å². The van der Waals surface area contributed by atoms with Gasteiger partial charge in [-0.15, -0.1) is 18.2 Å². The number of rotatable bonds is 5. The van der Waals surface area contributed by atoms with Crippen LogP contribution in [0.1, 0.15) is 33.5 Å². The van der Waals surface area contributed by atoms with Crippen LogP contribution in [0.25, 0.3) is 5.95 Å². The van der Waals surface area contributed by atoms with E-state index < -0.39 is 0 Å². The van der Waals surface area contributed by atoms with Crippen molar-refractivity contribution in [2.75, 3.05) is 24.8 Å². The number of amides is 1. The Bertz CT molecular complexity index is 1210. The number of aryl methyl sites for hydroxylation is 3. The molecule has 1 aliphatic rings. The van der Waals surface area contributed by atoms with Crippen LogP contribution in [-0.4, -0.2) is 45.1 Å². The molecular formula is C23H23N5O3S. The minimum Gasteiger partial charge on any atom is -0.493 e. The molecule has 0 saturated carbocycles. The number of hydrogen-bond acceptors (Lipinski definition) is 7. The SMILES string of the molecule is C#CCOc1ccc([C@@H]2SCC(=O)Nc3c2c(C)nn3-c2nc(C)cc(C)n2)cc1OC. The molecule has 0 unspecified atom stereocenters. The number of ether oxygens (including phenoxy) is 2. The molecule has 164 valence electrons. The van der Waals surface area contributed by atoms with E-state index >= 15 is 0 Å². The van der Waals surface area contributed by atoms with Crippen molar-refractivity contribution < 1.29 is 14.3 Å². The van der Waals surface area contributed by atoms with Crippen LogP contribution < -0.4 is 14.8 Å². The third-order valence-corrected chi connectivity index (χ3v) is 6.24. The fourth-order valence-electron chi connectivity index (χ4n) is 3.68. The Balaban J connectivity index is 1.83. The summed E-state index contributed by atoms with van der Waals surface area (Å²) in [6, 6.07) is 7.59. The van der Waals surface area contributed by atoms with Crippen molar-refractivity contribution in [1.29, 1.82) is 0 Å². The van der Waals surface area contributed by atoms with Crippen LogP contribution in [0.15, 0.2) is 24.3 Å². The molecule has 0 saturated heterocycles. The lowest BCUT2D eigenvalue weighted by atomic mass is 10.0. The number of fused-ring (bicyclic) bond motifs is 1. The van der Waals surface area contributed by atoms with Crippen molar-refractivity contribution in [2.45, 2.75) is 26.0 Å². The maximum absolute atomic E-state index is 12.6. The number of hydrogen-bond donors (Lipinski definition) is 1. The summed E-state index contributed by atoms with van der Waals surface area (Å²) in [6.45, 7) is 5.88. The third-order valence-electron chi connectivity index (χ3n) is 4.97. The second kappa shape index (κ2) is 8.93. The molecule has 32 heavy (non-hydrogen) atoms. The number of nitrogens with one attached hydrogen (secondary N) is 1. The zero-order valence-corrected chi connectivity index (χ0v) is 19.1. The lowest BCUT2D eigenvalue weighted by Gasteiger charge is -2.17. The molecule has 9 heteroatoms. The van der Waals surface area contributed by atoms with Gasteiger partial charge in [0.15, 0.2) is 11.5 Å². The predicted molar refractivity (Wildman–Crippen MR) is 124 cm³/mol. The van der Waals surface area contributed by atoms with Crippen molar-refractivity contribution in [2.24, 2.45) is 0 Å². The van der Waals surface area contributed by atoms with Crippen LogP contribution in [0.4, 0.5) is 5.82 Å². The summed E-state index contributed by atoms with van der Waals surface area (Å²) in [7, 11) is 1.58. The zero-order chi connectivity index (χ0) is 22.8. The van der Waals surface area contributed by atoms with E-state index in [9.17, 15) is 4.79 Å². The molecule has 2 aromatic heterocycles. The summed E-state index contributed by atoms with van der Waals surface area (Å²) < 4.78 is 12.7. The molecule has 1 atom stereocenters. The molecule has 3 aromatic rings. The van der Waals surface area contributed by atoms with Gasteiger partial charge in [-0.2, -0.15) is 9.78 Å². The summed E-state index contributed by atoms with van der Waals surface area (Å²) in [5, 5.41) is 7.53. The number of terminal acetylenes is 1. The first-order valence-corrected chi connectivity index (χ1v) is 11.0. The molecule has 0 spiro atoms. The fourth-order valence-corrected chi connectivity index (χ4v) is 4.86. The Morgan fingerprint density at radius 1 is 1.22 bits per heavy atom. The van der Waals surface area contributed by atoms with Gasteiger partial charge in [0.2, 0.25) is 5.91 Å². The quantitative estimate of drug-likeness (QED) is 0.597. The van der Waals surface area contributed by atoms with E-state index in [1.165, 1.54) is 11.8 Å². The number of benzene rings is 1. The van der Waals surface area contributed by atoms with Crippen molar-refractivity contribution in [3.05, 3.63) is 52.5 Å². The van der Waals surface area contributed by atoms with Crippen LogP contribution in [0.3, 0.4) is 0 Å². The first-order valence-electron chi connectivity index (χ1n) is 9.99. The first kappa shape index (κ1) is 21.7. The van der Waals surface area contributed by atoms with Crippen molar-refractivity contribution in [3.8, 4) is 29.8 Å². The van der Waals surface area contributed by atoms with E-state index in [0.717, 1.165) is 28.2 Å². The molecule has 0 radical (unpaired) electrons. The van der Waals surface area contributed by atoms with Gasteiger partial charge in [0.25, 0.3) is 5.95 Å². The van der Waals surface area contributed by atoms with Gasteiger partial charge in [-0.05, 0) is 44.5 Å². The first-order chi connectivity index (χ1) is 15.4. The molecule has 0 fully saturated rings. The minimum atomic E-state index is -0.154. The Morgan fingerprint density at radius 2 is 1.97 bits per heavy atom. The molecule has 0 aliphatic carbocycles. The third kappa shape index (κ3) is 4.14. The van der Waals surface area contributed by atoms with Crippen LogP contribution in [0, 0.1) is 33.1 Å². The van der Waals surface area contributed by atoms with Gasteiger partial charge in [-0.1, -0.05) is 12.0 Å². The Hall–Kier alpha value is -3.51. The summed E-state index contributed by atoms with van der Waals surface area (Å²) in [6.07, 6.45) is 5.31. The van der Waals surface area contributed by atoms with Crippen LogP contribution >= 0.6 is 11.8 Å². The van der Waals surface area contributed by atoms with E-state index in [-0.39, 0.29) is 17.8 Å². The second-order valence-electron chi connectivity index (χ2n) is 7.35. The normalized spacial score (nSPS) is 15.3. The predicted octanol–water partition coefficient (Wildman–Crippen LogP) is 3.38. The van der Waals surface area contributed by atoms with E-state index in [0.29, 0.717) is 29.0 Å². The minimum absolute atomic E-state index is 0.106. The molecule has 1 amide bonds. The largest absolute Gasteiger partial charge is 0.493 e. The highest BCUT2D eigenvalue weighted by molar-refractivity contribution is 8.00. The van der Waals surface area contributed by atoms with Gasteiger partial charge in [0, 0.05) is 17.0 Å². The molecule has 1 aliphatic heterocycles. The Labute approximate surface area is 190 Å². The van der Waals surface area contributed by atoms with Gasteiger partial charge < -0.3 is 14.8 Å². The zero-order valence-electron chi connectivity index (χ0n) is 18.3. The highest BCUT2D eigenvalue weighted by Gasteiger charge is 2.31. The number of carbonyl (C=O) groups is 1. The van der Waals surface area contributed by atoms with Crippen LogP contribution in [0.5, 0.6) is 11.5 Å². The van der Waals surface area contributed by atoms with E-state index in [2.05, 4.69) is 26.3 Å². The molecule has 3 heterocycles. The van der Waals surface area contributed by atoms with Crippen molar-refractivity contribution in [3.63, 3.8) is 0 Å². The summed E-state index contributed by atoms with van der Waals surface area (Å²) in [4.78, 5) is 21.6. The highest BCUT2D eigenvalue weighted by Crippen LogP contribution is 2.45. The summed E-state index contributed by atoms with van der Waals surface area (Å²) in [5.74, 6) is 4.79. The second-order valence-corrected chi connectivity index (χ2v) is 8.45. The van der Waals surface area contributed by atoms with Crippen LogP contribution in [0.2, 0.25) is 0 Å². The number of thioether (sulfide) groups is 1. The number of methoxy groups -OCH3 is 1. The van der Waals surface area contributed by atoms with Crippen LogP contribution in [-0.2, 0) is 4.79 Å². The van der Waals surface area contributed by atoms with E-state index in [4.69, 9.17) is 15.9 Å². The molecule has 4 rings (SSSR count). The lowest BCUT2D eigenvalue weighted by molar-refractivity contribution is -0.113. The maximum atomic E-state index is 12.6. The van der Waals surface area contributed by atoms with Gasteiger partial charge in [-0.25, -0.2) is 9.97 Å². The van der Waals surface area contributed by atoms with E-state index in [1.54, 1.807) is 11.8 Å². The topological polar surface area (TPSA) is 91.2 Å². The average Bonchev–Trinajstić information content (AvgIpc) is 2.96. The number of anilines is 1. The smallest absolute Gasteiger partial charge is 0.252 e. The number of nitrogens with zero attached hydrogens (tertiary/aromatic N) is 4. The molecule has 8 nitrogen and oxygen atoms in total. The number of aromatic nitrogens is 4. The monoisotopic (exact) mass is 449 g/mol. The summed E-state index contributed by atoms with van der Waals surface area (Å²) >= 11 is 1.52. The van der Waals surface area contributed by atoms with Gasteiger partial charge in [0.1, 0.15) is 12.4 Å². The average molecular weight is 450 g/mol. The highest BCUT2D eigenvalue weighted by atomic mass is 32.2. The van der Waals surface area contributed by atoms with Gasteiger partial charge >= 0.3 is 0 Å². The number of carbonyl (C=O) groups excluding carboxylic acids is 1. The van der Waals surface area contributed by atoms with Gasteiger partial charge in [0.05, 0.1) is 23.8 Å². The summed E-state index contributed by atoms with van der Waals surface area (Å²) in [5.41, 5.74) is 4.30. The lowest BCUT2D eigenvalue weighted by Crippen LogP contribution is -2.17. The van der Waals surface area contributed by atoms with Crippen molar-refractivity contribution >= 4 is 23.5 Å². The van der Waals surface area contributed by atoms with Crippen molar-refractivity contribution in [1.82, 2.24) is 19.7 Å². The fraction of sp³-hybridized carbons (Fsp3) is 0.304.